The van der Waals surface area contributed by atoms with Crippen LogP contribution in [0.15, 0.2) is 23.2 Å². The molecule has 0 spiro atoms. The summed E-state index contributed by atoms with van der Waals surface area (Å²) in [5.74, 6) is -0.213. The van der Waals surface area contributed by atoms with Gasteiger partial charge in [0.15, 0.2) is 0 Å². The average Bonchev–Trinajstić information content (AvgIpc) is 2.08. The van der Waals surface area contributed by atoms with Gasteiger partial charge < -0.3 is 10.1 Å². The smallest absolute Gasteiger partial charge is 0.0435 e. The summed E-state index contributed by atoms with van der Waals surface area (Å²) in [6.07, 6.45) is 0. The monoisotopic (exact) mass is 182 g/mol. The van der Waals surface area contributed by atoms with Gasteiger partial charge in [-0.1, -0.05) is 17.7 Å². The Morgan fingerprint density at radius 2 is 2.17 bits per heavy atom. The molecule has 0 bridgehead atoms. The Labute approximate surface area is 76.5 Å². The first-order chi connectivity index (χ1) is 5.65. The van der Waals surface area contributed by atoms with Crippen LogP contribution < -0.4 is 5.11 Å². The zero-order valence-corrected chi connectivity index (χ0v) is 7.72. The molecule has 0 saturated carbocycles. The number of benzene rings is 1. The van der Waals surface area contributed by atoms with Crippen molar-refractivity contribution in [2.45, 2.75) is 6.92 Å². The van der Waals surface area contributed by atoms with Crippen LogP contribution in [0.2, 0.25) is 5.02 Å². The number of halogens is 1. The number of nitrogens with zero attached hydrogens (tertiary/aromatic N) is 1. The summed E-state index contributed by atoms with van der Waals surface area (Å²) in [6.45, 7) is 1.86. The first kappa shape index (κ1) is 9.07. The molecule has 0 amide bonds. The third-order valence-electron chi connectivity index (χ3n) is 1.61. The van der Waals surface area contributed by atoms with Crippen molar-refractivity contribution in [3.05, 3.63) is 34.3 Å². The number of hydrogen-bond acceptors (Lipinski definition) is 2. The first-order valence-electron chi connectivity index (χ1n) is 3.55. The molecule has 3 heteroatoms. The first-order valence-corrected chi connectivity index (χ1v) is 3.93. The Morgan fingerprint density at radius 3 is 2.67 bits per heavy atom. The van der Waals surface area contributed by atoms with Crippen LogP contribution in [0, 0.1) is 6.92 Å². The van der Waals surface area contributed by atoms with Crippen LogP contribution in [-0.4, -0.2) is 12.9 Å². The van der Waals surface area contributed by atoms with Crippen LogP contribution >= 0.6 is 11.6 Å². The fraction of sp³-hybridized carbons (Fsp3) is 0.222. The lowest BCUT2D eigenvalue weighted by atomic mass is 10.1. The lowest BCUT2D eigenvalue weighted by Gasteiger charge is -2.10. The largest absolute Gasteiger partial charge is 0.859 e. The summed E-state index contributed by atoms with van der Waals surface area (Å²) < 4.78 is 0. The molecule has 0 aliphatic rings. The Morgan fingerprint density at radius 1 is 1.50 bits per heavy atom. The predicted molar refractivity (Wildman–Crippen MR) is 48.7 cm³/mol. The van der Waals surface area contributed by atoms with Gasteiger partial charge in [0.2, 0.25) is 0 Å². The van der Waals surface area contributed by atoms with Gasteiger partial charge in [0, 0.05) is 12.1 Å². The SMILES string of the molecule is CN=C([O-])c1ccc(Cl)c(C)c1. The number of rotatable bonds is 1. The number of aliphatic imine (C=N–C) groups is 1. The lowest BCUT2D eigenvalue weighted by molar-refractivity contribution is -0.213. The van der Waals surface area contributed by atoms with Crippen LogP contribution in [0.1, 0.15) is 11.1 Å². The van der Waals surface area contributed by atoms with Crippen LogP contribution in [0.25, 0.3) is 0 Å². The lowest BCUT2D eigenvalue weighted by Crippen LogP contribution is -2.18. The molecule has 0 N–H and O–H groups in total. The maximum Gasteiger partial charge on any atom is 0.0435 e. The van der Waals surface area contributed by atoms with Crippen molar-refractivity contribution in [3.8, 4) is 0 Å². The molecule has 0 radical (unpaired) electrons. The molecule has 1 aromatic carbocycles. The van der Waals surface area contributed by atoms with Gasteiger partial charge >= 0.3 is 0 Å². The summed E-state index contributed by atoms with van der Waals surface area (Å²) in [6, 6.07) is 5.11. The van der Waals surface area contributed by atoms with E-state index in [0.29, 0.717) is 10.6 Å². The van der Waals surface area contributed by atoms with E-state index < -0.39 is 0 Å². The van der Waals surface area contributed by atoms with Gasteiger partial charge in [-0.3, -0.25) is 0 Å². The van der Waals surface area contributed by atoms with Crippen molar-refractivity contribution in [1.82, 2.24) is 0 Å². The summed E-state index contributed by atoms with van der Waals surface area (Å²) in [7, 11) is 1.48. The maximum absolute atomic E-state index is 11.1. The molecule has 0 aliphatic heterocycles. The minimum atomic E-state index is -0.213. The van der Waals surface area contributed by atoms with Gasteiger partial charge in [0.1, 0.15) is 0 Å². The van der Waals surface area contributed by atoms with E-state index >= 15 is 0 Å². The Hall–Kier alpha value is -1.02. The maximum atomic E-state index is 11.1. The van der Waals surface area contributed by atoms with E-state index in [-0.39, 0.29) is 5.90 Å². The molecule has 0 atom stereocenters. The average molecular weight is 183 g/mol. The molecule has 2 nitrogen and oxygen atoms in total. The predicted octanol–water partition coefficient (Wildman–Crippen LogP) is 1.39. The molecule has 0 aromatic heterocycles. The molecule has 0 fully saturated rings. The van der Waals surface area contributed by atoms with E-state index in [1.54, 1.807) is 18.2 Å². The van der Waals surface area contributed by atoms with Crippen LogP contribution in [0.4, 0.5) is 0 Å². The van der Waals surface area contributed by atoms with E-state index in [2.05, 4.69) is 4.99 Å². The van der Waals surface area contributed by atoms with Gasteiger partial charge in [-0.05, 0) is 36.1 Å². The van der Waals surface area contributed by atoms with Crippen LogP contribution in [0.5, 0.6) is 0 Å². The summed E-state index contributed by atoms with van der Waals surface area (Å²) >= 11 is 5.79. The van der Waals surface area contributed by atoms with Crippen LogP contribution in [0.3, 0.4) is 0 Å². The standard InChI is InChI=1S/C9H10ClNO/c1-6-5-7(9(12)11-2)3-4-8(6)10/h3-5H,1-2H3,(H,11,12)/p-1. The molecule has 0 aliphatic carbocycles. The van der Waals surface area contributed by atoms with Crippen molar-refractivity contribution in [3.63, 3.8) is 0 Å². The summed E-state index contributed by atoms with van der Waals surface area (Å²) in [5.41, 5.74) is 1.48. The van der Waals surface area contributed by atoms with E-state index in [1.807, 2.05) is 6.92 Å². The zero-order chi connectivity index (χ0) is 9.14. The summed E-state index contributed by atoms with van der Waals surface area (Å²) in [4.78, 5) is 3.55. The zero-order valence-electron chi connectivity index (χ0n) is 6.97. The van der Waals surface area contributed by atoms with Gasteiger partial charge in [0.25, 0.3) is 0 Å². The minimum absolute atomic E-state index is 0.213. The highest BCUT2D eigenvalue weighted by Crippen LogP contribution is 2.15. The molecule has 12 heavy (non-hydrogen) atoms. The topological polar surface area (TPSA) is 35.4 Å². The molecular weight excluding hydrogens is 174 g/mol. The highest BCUT2D eigenvalue weighted by molar-refractivity contribution is 6.31. The van der Waals surface area contributed by atoms with Crippen molar-refractivity contribution >= 4 is 17.5 Å². The van der Waals surface area contributed by atoms with Crippen molar-refractivity contribution in [2.24, 2.45) is 4.99 Å². The van der Waals surface area contributed by atoms with E-state index in [1.165, 1.54) is 7.05 Å². The van der Waals surface area contributed by atoms with Gasteiger partial charge in [-0.15, -0.1) is 0 Å². The Kier molecular flexibility index (Phi) is 2.71. The normalized spacial score (nSPS) is 11.8. The molecule has 0 saturated heterocycles. The third-order valence-corrected chi connectivity index (χ3v) is 2.03. The van der Waals surface area contributed by atoms with Gasteiger partial charge in [0.05, 0.1) is 0 Å². The van der Waals surface area contributed by atoms with Crippen molar-refractivity contribution in [1.29, 1.82) is 0 Å². The number of aryl methyl sites for hydroxylation is 1. The second-order valence-corrected chi connectivity index (χ2v) is 2.90. The van der Waals surface area contributed by atoms with Gasteiger partial charge in [-0.25, -0.2) is 0 Å². The van der Waals surface area contributed by atoms with Crippen molar-refractivity contribution < 1.29 is 5.11 Å². The molecular formula is C9H9ClNO-. The summed E-state index contributed by atoms with van der Waals surface area (Å²) in [5, 5.41) is 11.7. The highest BCUT2D eigenvalue weighted by atomic mass is 35.5. The van der Waals surface area contributed by atoms with Crippen molar-refractivity contribution in [2.75, 3.05) is 7.05 Å². The van der Waals surface area contributed by atoms with E-state index in [9.17, 15) is 5.11 Å². The fourth-order valence-electron chi connectivity index (χ4n) is 0.907. The van der Waals surface area contributed by atoms with Crippen LogP contribution in [-0.2, 0) is 0 Å². The third kappa shape index (κ3) is 1.77. The fourth-order valence-corrected chi connectivity index (χ4v) is 1.02. The molecule has 0 heterocycles. The molecule has 64 valence electrons. The second-order valence-electron chi connectivity index (χ2n) is 2.49. The minimum Gasteiger partial charge on any atom is -0.859 e. The number of hydrogen-bond donors (Lipinski definition) is 0. The molecule has 0 unspecified atom stereocenters. The highest BCUT2D eigenvalue weighted by Gasteiger charge is 1.96. The van der Waals surface area contributed by atoms with Gasteiger partial charge in [-0.2, -0.15) is 0 Å². The molecule has 1 aromatic rings. The Balaban J connectivity index is 3.13. The Bertz CT molecular complexity index is 320. The quantitative estimate of drug-likeness (QED) is 0.478. The molecule has 1 rings (SSSR count). The van der Waals surface area contributed by atoms with E-state index in [0.717, 1.165) is 5.56 Å². The second kappa shape index (κ2) is 3.59. The van der Waals surface area contributed by atoms with E-state index in [4.69, 9.17) is 11.6 Å².